The molecule has 0 saturated heterocycles. The molecule has 1 amide bonds. The molecule has 3 N–H and O–H groups in total. The number of esters is 1. The number of hydrogen-bond acceptors (Lipinski definition) is 7. The van der Waals surface area contributed by atoms with Gasteiger partial charge in [-0.3, -0.25) is 18.6 Å². The smallest absolute Gasteiger partial charge is 0.463 e. The Morgan fingerprint density at radius 1 is 0.508 bits per heavy atom. The van der Waals surface area contributed by atoms with Gasteiger partial charge < -0.3 is 20.1 Å². The van der Waals surface area contributed by atoms with Gasteiger partial charge in [-0.05, 0) is 64.2 Å². The molecule has 0 aliphatic heterocycles. The van der Waals surface area contributed by atoms with Gasteiger partial charge in [0, 0.05) is 19.4 Å². The van der Waals surface area contributed by atoms with Crippen molar-refractivity contribution in [2.75, 3.05) is 26.4 Å². The molecule has 2 atom stereocenters. The second kappa shape index (κ2) is 46.0. The van der Waals surface area contributed by atoms with E-state index in [4.69, 9.17) is 13.8 Å². The Balaban J connectivity index is 3.54. The first-order valence-electron chi connectivity index (χ1n) is 24.8. The van der Waals surface area contributed by atoms with Crippen molar-refractivity contribution in [2.24, 2.45) is 0 Å². The number of nitrogens with one attached hydrogen (secondary N) is 1. The average molecular weight is 856 g/mol. The van der Waals surface area contributed by atoms with Crippen molar-refractivity contribution in [1.82, 2.24) is 5.32 Å². The minimum atomic E-state index is -4.42. The average Bonchev–Trinajstić information content (AvgIpc) is 3.22. The Bertz CT molecular complexity index is 1020. The Kier molecular flexibility index (Phi) is 44.8. The molecule has 10 heteroatoms. The SMILES string of the molecule is CCCCCCCC/C=C\CCCCCCCC(=O)NCCOP(=O)(O)OCC(O)COC(=O)CCCCCCCCCCCCCCC/C=C/CCCCCCCC. The topological polar surface area (TPSA) is 131 Å². The first-order valence-corrected chi connectivity index (χ1v) is 26.3. The van der Waals surface area contributed by atoms with E-state index in [9.17, 15) is 24.2 Å². The molecular formula is C49H94NO8P. The van der Waals surface area contributed by atoms with Crippen LogP contribution < -0.4 is 5.32 Å². The summed E-state index contributed by atoms with van der Waals surface area (Å²) in [5, 5.41) is 12.7. The fourth-order valence-electron chi connectivity index (χ4n) is 7.08. The van der Waals surface area contributed by atoms with Crippen LogP contribution in [-0.2, 0) is 27.9 Å². The summed E-state index contributed by atoms with van der Waals surface area (Å²) in [6.07, 6.45) is 51.2. The second-order valence-corrected chi connectivity index (χ2v) is 18.2. The first-order chi connectivity index (χ1) is 28.8. The van der Waals surface area contributed by atoms with E-state index in [1.165, 1.54) is 173 Å². The molecule has 0 aliphatic rings. The van der Waals surface area contributed by atoms with Crippen LogP contribution in [0.25, 0.3) is 0 Å². The lowest BCUT2D eigenvalue weighted by atomic mass is 10.0. The van der Waals surface area contributed by atoms with Crippen LogP contribution in [0, 0.1) is 0 Å². The van der Waals surface area contributed by atoms with E-state index in [-0.39, 0.29) is 32.1 Å². The van der Waals surface area contributed by atoms with E-state index < -0.39 is 26.5 Å². The standard InChI is InChI=1S/C49H94NO8P/c1-3-5-7-9-11-13-15-17-19-20-21-22-23-24-25-26-28-30-32-34-36-38-40-42-49(53)56-45-47(51)46-58-59(54,55)57-44-43-50-48(52)41-39-37-35-33-31-29-27-18-16-14-12-10-8-6-4-2/h17-19,27,47,51H,3-16,20-26,28-46H2,1-2H3,(H,50,52)(H,54,55)/b19-17+,27-18-. The number of rotatable bonds is 47. The number of hydrogen-bond donors (Lipinski definition) is 3. The summed E-state index contributed by atoms with van der Waals surface area (Å²) in [5.74, 6) is -0.517. The van der Waals surface area contributed by atoms with Crippen LogP contribution in [0.1, 0.15) is 245 Å². The number of phosphoric ester groups is 1. The molecule has 0 heterocycles. The van der Waals surface area contributed by atoms with Gasteiger partial charge in [0.05, 0.1) is 13.2 Å². The number of aliphatic hydroxyl groups is 1. The number of amides is 1. The quantitative estimate of drug-likeness (QED) is 0.0239. The number of carbonyl (C=O) groups excluding carboxylic acids is 2. The number of allylic oxidation sites excluding steroid dienone is 4. The molecule has 0 rings (SSSR count). The van der Waals surface area contributed by atoms with Gasteiger partial charge in [-0.2, -0.15) is 0 Å². The van der Waals surface area contributed by atoms with Crippen molar-refractivity contribution >= 4 is 19.7 Å². The minimum absolute atomic E-state index is 0.0795. The third-order valence-electron chi connectivity index (χ3n) is 10.9. The summed E-state index contributed by atoms with van der Waals surface area (Å²) in [7, 11) is -4.42. The van der Waals surface area contributed by atoms with Crippen molar-refractivity contribution in [3.8, 4) is 0 Å². The molecule has 0 aromatic heterocycles. The van der Waals surface area contributed by atoms with Gasteiger partial charge in [0.25, 0.3) is 0 Å². The summed E-state index contributed by atoms with van der Waals surface area (Å²) < 4.78 is 26.9. The third kappa shape index (κ3) is 47.4. The van der Waals surface area contributed by atoms with Gasteiger partial charge in [0.2, 0.25) is 5.91 Å². The minimum Gasteiger partial charge on any atom is -0.463 e. The van der Waals surface area contributed by atoms with Gasteiger partial charge in [-0.15, -0.1) is 0 Å². The van der Waals surface area contributed by atoms with Gasteiger partial charge in [-0.25, -0.2) is 4.57 Å². The van der Waals surface area contributed by atoms with E-state index in [2.05, 4.69) is 43.5 Å². The monoisotopic (exact) mass is 856 g/mol. The van der Waals surface area contributed by atoms with Crippen LogP contribution in [-0.4, -0.2) is 54.3 Å². The van der Waals surface area contributed by atoms with Crippen molar-refractivity contribution in [3.63, 3.8) is 0 Å². The maximum atomic E-state index is 12.1. The zero-order valence-corrected chi connectivity index (χ0v) is 39.4. The molecule has 0 spiro atoms. The third-order valence-corrected chi connectivity index (χ3v) is 11.8. The van der Waals surface area contributed by atoms with E-state index >= 15 is 0 Å². The Labute approximate surface area is 363 Å². The normalized spacial score (nSPS) is 13.4. The van der Waals surface area contributed by atoms with Gasteiger partial charge >= 0.3 is 13.8 Å². The Morgan fingerprint density at radius 3 is 1.27 bits per heavy atom. The fraction of sp³-hybridized carbons (Fsp3) is 0.878. The van der Waals surface area contributed by atoms with E-state index in [1.54, 1.807) is 0 Å². The highest BCUT2D eigenvalue weighted by Crippen LogP contribution is 2.42. The zero-order valence-electron chi connectivity index (χ0n) is 38.5. The van der Waals surface area contributed by atoms with Gasteiger partial charge in [-0.1, -0.05) is 192 Å². The predicted molar refractivity (Wildman–Crippen MR) is 248 cm³/mol. The van der Waals surface area contributed by atoms with Crippen LogP contribution >= 0.6 is 7.82 Å². The summed E-state index contributed by atoms with van der Waals surface area (Å²) >= 11 is 0. The van der Waals surface area contributed by atoms with Crippen LogP contribution in [0.2, 0.25) is 0 Å². The largest absolute Gasteiger partial charge is 0.472 e. The van der Waals surface area contributed by atoms with E-state index in [0.29, 0.717) is 6.42 Å². The molecule has 0 aromatic carbocycles. The maximum Gasteiger partial charge on any atom is 0.472 e. The number of carbonyl (C=O) groups is 2. The number of unbranched alkanes of at least 4 members (excludes halogenated alkanes) is 30. The molecule has 2 unspecified atom stereocenters. The molecule has 9 nitrogen and oxygen atoms in total. The second-order valence-electron chi connectivity index (χ2n) is 16.8. The molecule has 0 aliphatic carbocycles. The lowest BCUT2D eigenvalue weighted by Crippen LogP contribution is -2.27. The molecular weight excluding hydrogens is 762 g/mol. The maximum absolute atomic E-state index is 12.1. The van der Waals surface area contributed by atoms with Crippen LogP contribution in [0.4, 0.5) is 0 Å². The lowest BCUT2D eigenvalue weighted by molar-refractivity contribution is -0.147. The number of aliphatic hydroxyl groups excluding tert-OH is 1. The molecule has 0 aromatic rings. The molecule has 59 heavy (non-hydrogen) atoms. The number of phosphoric acid groups is 1. The summed E-state index contributed by atoms with van der Waals surface area (Å²) in [5.41, 5.74) is 0. The fourth-order valence-corrected chi connectivity index (χ4v) is 7.83. The van der Waals surface area contributed by atoms with Crippen molar-refractivity contribution in [2.45, 2.75) is 251 Å². The highest BCUT2D eigenvalue weighted by atomic mass is 31.2. The predicted octanol–water partition coefficient (Wildman–Crippen LogP) is 14.3. The summed E-state index contributed by atoms with van der Waals surface area (Å²) in [6.45, 7) is 3.57. The highest BCUT2D eigenvalue weighted by Gasteiger charge is 2.23. The first kappa shape index (κ1) is 57.5. The van der Waals surface area contributed by atoms with Crippen LogP contribution in [0.15, 0.2) is 24.3 Å². The number of ether oxygens (including phenoxy) is 1. The molecule has 0 radical (unpaired) electrons. The van der Waals surface area contributed by atoms with E-state index in [0.717, 1.165) is 44.9 Å². The molecule has 0 fully saturated rings. The van der Waals surface area contributed by atoms with Gasteiger partial charge in [0.15, 0.2) is 0 Å². The van der Waals surface area contributed by atoms with Crippen molar-refractivity contribution < 1.29 is 37.9 Å². The van der Waals surface area contributed by atoms with E-state index in [1.807, 2.05) is 0 Å². The molecule has 0 saturated carbocycles. The summed E-state index contributed by atoms with van der Waals surface area (Å²) in [4.78, 5) is 34.0. The van der Waals surface area contributed by atoms with Crippen molar-refractivity contribution in [3.05, 3.63) is 24.3 Å². The Hall–Kier alpha value is -1.51. The van der Waals surface area contributed by atoms with Crippen molar-refractivity contribution in [1.29, 1.82) is 0 Å². The van der Waals surface area contributed by atoms with Crippen LogP contribution in [0.5, 0.6) is 0 Å². The van der Waals surface area contributed by atoms with Gasteiger partial charge in [0.1, 0.15) is 12.7 Å². The highest BCUT2D eigenvalue weighted by molar-refractivity contribution is 7.47. The summed E-state index contributed by atoms with van der Waals surface area (Å²) in [6, 6.07) is 0. The van der Waals surface area contributed by atoms with Crippen LogP contribution in [0.3, 0.4) is 0 Å². The zero-order chi connectivity index (χ0) is 43.2. The lowest BCUT2D eigenvalue weighted by Gasteiger charge is -2.15. The molecule has 348 valence electrons. The Morgan fingerprint density at radius 2 is 0.864 bits per heavy atom. The molecule has 0 bridgehead atoms.